The Morgan fingerprint density at radius 2 is 1.58 bits per heavy atom. The van der Waals surface area contributed by atoms with E-state index in [-0.39, 0.29) is 16.9 Å². The zero-order valence-corrected chi connectivity index (χ0v) is 19.6. The Morgan fingerprint density at radius 1 is 0.939 bits per heavy atom. The van der Waals surface area contributed by atoms with Gasteiger partial charge in [0, 0.05) is 17.7 Å². The maximum absolute atomic E-state index is 14.7. The van der Waals surface area contributed by atoms with Gasteiger partial charge >= 0.3 is 0 Å². The average molecular weight is 488 g/mol. The molecule has 0 saturated heterocycles. The SMILES string of the molecule is Cc1ccc(S(=O)(=O)N2N=C(c3ccc(NS(C)(=O)=O)cc3)C[C@H]2c2ccccc2F)cc1. The summed E-state index contributed by atoms with van der Waals surface area (Å²) in [5.74, 6) is -0.518. The molecule has 1 aliphatic rings. The topological polar surface area (TPSA) is 95.9 Å². The van der Waals surface area contributed by atoms with Gasteiger partial charge in [-0.15, -0.1) is 0 Å². The summed E-state index contributed by atoms with van der Waals surface area (Å²) >= 11 is 0. The van der Waals surface area contributed by atoms with Crippen molar-refractivity contribution in [2.75, 3.05) is 11.0 Å². The molecule has 0 aliphatic carbocycles. The number of aryl methyl sites for hydroxylation is 1. The number of anilines is 1. The fourth-order valence-corrected chi connectivity index (χ4v) is 5.61. The van der Waals surface area contributed by atoms with Crippen molar-refractivity contribution in [3.63, 3.8) is 0 Å². The Kier molecular flexibility index (Phi) is 5.98. The van der Waals surface area contributed by atoms with Gasteiger partial charge in [0.2, 0.25) is 10.0 Å². The Bertz CT molecular complexity index is 1420. The number of nitrogens with one attached hydrogen (secondary N) is 1. The molecule has 1 atom stereocenters. The van der Waals surface area contributed by atoms with Crippen LogP contribution in [0.4, 0.5) is 10.1 Å². The van der Waals surface area contributed by atoms with Crippen molar-refractivity contribution < 1.29 is 21.2 Å². The molecule has 33 heavy (non-hydrogen) atoms. The molecule has 0 amide bonds. The Balaban J connectivity index is 1.75. The first-order valence-electron chi connectivity index (χ1n) is 10.1. The van der Waals surface area contributed by atoms with Gasteiger partial charge in [0.15, 0.2) is 0 Å². The second-order valence-electron chi connectivity index (χ2n) is 7.83. The molecule has 7 nitrogen and oxygen atoms in total. The first-order chi connectivity index (χ1) is 15.5. The first-order valence-corrected chi connectivity index (χ1v) is 13.4. The van der Waals surface area contributed by atoms with Crippen LogP contribution < -0.4 is 4.72 Å². The third-order valence-corrected chi connectivity index (χ3v) is 7.53. The van der Waals surface area contributed by atoms with Crippen molar-refractivity contribution in [2.45, 2.75) is 24.3 Å². The van der Waals surface area contributed by atoms with E-state index in [2.05, 4.69) is 9.82 Å². The van der Waals surface area contributed by atoms with Gasteiger partial charge in [0.25, 0.3) is 10.0 Å². The van der Waals surface area contributed by atoms with Gasteiger partial charge in [-0.1, -0.05) is 48.0 Å². The van der Waals surface area contributed by atoms with Crippen molar-refractivity contribution in [1.29, 1.82) is 0 Å². The second kappa shape index (κ2) is 8.60. The van der Waals surface area contributed by atoms with Gasteiger partial charge in [-0.2, -0.15) is 17.9 Å². The molecular weight excluding hydrogens is 465 g/mol. The highest BCUT2D eigenvalue weighted by Gasteiger charge is 2.38. The normalized spacial score (nSPS) is 16.5. The Labute approximate surface area is 192 Å². The third-order valence-electron chi connectivity index (χ3n) is 5.22. The van der Waals surface area contributed by atoms with E-state index in [9.17, 15) is 21.2 Å². The highest BCUT2D eigenvalue weighted by Crippen LogP contribution is 2.38. The predicted octanol–water partition coefficient (Wildman–Crippen LogP) is 4.05. The lowest BCUT2D eigenvalue weighted by Crippen LogP contribution is -2.28. The molecular formula is C23H22FN3O4S2. The summed E-state index contributed by atoms with van der Waals surface area (Å²) in [4.78, 5) is 0.0622. The van der Waals surface area contributed by atoms with Crippen molar-refractivity contribution in [2.24, 2.45) is 5.10 Å². The molecule has 0 spiro atoms. The summed E-state index contributed by atoms with van der Waals surface area (Å²) < 4.78 is 67.8. The molecule has 0 saturated carbocycles. The monoisotopic (exact) mass is 487 g/mol. The molecule has 10 heteroatoms. The number of rotatable bonds is 6. The van der Waals surface area contributed by atoms with Crippen LogP contribution in [0.3, 0.4) is 0 Å². The molecule has 3 aromatic rings. The van der Waals surface area contributed by atoms with Gasteiger partial charge < -0.3 is 0 Å². The van der Waals surface area contributed by atoms with E-state index in [1.165, 1.54) is 18.2 Å². The standard InChI is InChI=1S/C23H22FN3O4S2/c1-16-7-13-19(14-8-16)33(30,31)27-23(20-5-3-4-6-21(20)24)15-22(25-27)17-9-11-18(12-10-17)26-32(2,28)29/h3-14,23,26H,15H2,1-2H3/t23-/m0/s1. The van der Waals surface area contributed by atoms with Crippen molar-refractivity contribution >= 4 is 31.4 Å². The number of hydrogen-bond acceptors (Lipinski definition) is 5. The van der Waals surface area contributed by atoms with Crippen LogP contribution in [0.15, 0.2) is 82.8 Å². The van der Waals surface area contributed by atoms with Crippen LogP contribution in [0.25, 0.3) is 0 Å². The highest BCUT2D eigenvalue weighted by molar-refractivity contribution is 7.92. The smallest absolute Gasteiger partial charge is 0.279 e. The zero-order valence-electron chi connectivity index (χ0n) is 17.9. The lowest BCUT2D eigenvalue weighted by atomic mass is 9.99. The van der Waals surface area contributed by atoms with Crippen LogP contribution in [0.1, 0.15) is 29.2 Å². The highest BCUT2D eigenvalue weighted by atomic mass is 32.2. The zero-order chi connectivity index (χ0) is 23.8. The molecule has 1 N–H and O–H groups in total. The quantitative estimate of drug-likeness (QED) is 0.568. The van der Waals surface area contributed by atoms with Crippen LogP contribution in [-0.4, -0.2) is 33.2 Å². The van der Waals surface area contributed by atoms with E-state index in [0.29, 0.717) is 17.0 Å². The van der Waals surface area contributed by atoms with E-state index in [4.69, 9.17) is 0 Å². The maximum atomic E-state index is 14.7. The molecule has 3 aromatic carbocycles. The summed E-state index contributed by atoms with van der Waals surface area (Å²) in [5, 5.41) is 4.39. The van der Waals surface area contributed by atoms with Crippen molar-refractivity contribution in [3.05, 3.63) is 95.3 Å². The van der Waals surface area contributed by atoms with Gasteiger partial charge in [0.05, 0.1) is 22.9 Å². The third kappa shape index (κ3) is 4.91. The fraction of sp³-hybridized carbons (Fsp3) is 0.174. The van der Waals surface area contributed by atoms with E-state index in [0.717, 1.165) is 16.2 Å². The van der Waals surface area contributed by atoms with Crippen LogP contribution in [-0.2, 0) is 20.0 Å². The number of hydrogen-bond donors (Lipinski definition) is 1. The fourth-order valence-electron chi connectivity index (χ4n) is 3.62. The molecule has 1 aliphatic heterocycles. The lowest BCUT2D eigenvalue weighted by Gasteiger charge is -2.23. The minimum Gasteiger partial charge on any atom is -0.284 e. The van der Waals surface area contributed by atoms with Crippen molar-refractivity contribution in [3.8, 4) is 0 Å². The van der Waals surface area contributed by atoms with Gasteiger partial charge in [-0.25, -0.2) is 12.8 Å². The number of benzene rings is 3. The second-order valence-corrected chi connectivity index (χ2v) is 11.4. The molecule has 0 unspecified atom stereocenters. The van der Waals surface area contributed by atoms with Gasteiger partial charge in [-0.3, -0.25) is 4.72 Å². The Morgan fingerprint density at radius 3 is 2.18 bits per heavy atom. The minimum absolute atomic E-state index is 0.0622. The summed E-state index contributed by atoms with van der Waals surface area (Å²) in [7, 11) is -7.49. The summed E-state index contributed by atoms with van der Waals surface area (Å²) in [6, 6.07) is 18.0. The van der Waals surface area contributed by atoms with E-state index in [1.54, 1.807) is 54.6 Å². The minimum atomic E-state index is -4.06. The van der Waals surface area contributed by atoms with Crippen LogP contribution in [0.5, 0.6) is 0 Å². The lowest BCUT2D eigenvalue weighted by molar-refractivity contribution is 0.362. The van der Waals surface area contributed by atoms with Gasteiger partial charge in [0.1, 0.15) is 5.82 Å². The van der Waals surface area contributed by atoms with Crippen LogP contribution in [0, 0.1) is 12.7 Å². The molecule has 4 rings (SSSR count). The molecule has 0 fully saturated rings. The molecule has 0 bridgehead atoms. The average Bonchev–Trinajstić information content (AvgIpc) is 3.20. The van der Waals surface area contributed by atoms with E-state index < -0.39 is 31.9 Å². The molecule has 1 heterocycles. The number of nitrogens with zero attached hydrogens (tertiary/aromatic N) is 2. The van der Waals surface area contributed by atoms with Gasteiger partial charge in [-0.05, 0) is 42.8 Å². The predicted molar refractivity (Wildman–Crippen MR) is 125 cm³/mol. The summed E-state index contributed by atoms with van der Waals surface area (Å²) in [5.41, 5.74) is 2.56. The maximum Gasteiger partial charge on any atom is 0.279 e. The number of sulfonamides is 2. The number of halogens is 1. The summed E-state index contributed by atoms with van der Waals surface area (Å²) in [6.45, 7) is 1.85. The summed E-state index contributed by atoms with van der Waals surface area (Å²) in [6.07, 6.45) is 1.21. The van der Waals surface area contributed by atoms with Crippen molar-refractivity contribution in [1.82, 2.24) is 4.41 Å². The molecule has 172 valence electrons. The number of hydrazone groups is 1. The molecule has 0 radical (unpaired) electrons. The van der Waals surface area contributed by atoms with Crippen LogP contribution >= 0.6 is 0 Å². The molecule has 0 aromatic heterocycles. The van der Waals surface area contributed by atoms with E-state index in [1.807, 2.05) is 6.92 Å². The first kappa shape index (κ1) is 22.9. The Hall–Kier alpha value is -3.24. The largest absolute Gasteiger partial charge is 0.284 e. The van der Waals surface area contributed by atoms with E-state index >= 15 is 0 Å². The van der Waals surface area contributed by atoms with Crippen LogP contribution in [0.2, 0.25) is 0 Å².